The van der Waals surface area contributed by atoms with Gasteiger partial charge in [0.15, 0.2) is 5.78 Å². The van der Waals surface area contributed by atoms with Crippen LogP contribution in [0.2, 0.25) is 0 Å². The number of ether oxygens (including phenoxy) is 1. The number of hydrogen-bond acceptors (Lipinski definition) is 4. The normalized spacial score (nSPS) is 17.3. The maximum atomic E-state index is 11.8. The first-order valence-electron chi connectivity index (χ1n) is 7.75. The van der Waals surface area contributed by atoms with E-state index in [1.807, 2.05) is 18.7 Å². The Kier molecular flexibility index (Phi) is 6.31. The highest BCUT2D eigenvalue weighted by molar-refractivity contribution is 7.99. The van der Waals surface area contributed by atoms with Crippen molar-refractivity contribution in [2.45, 2.75) is 33.1 Å². The standard InChI is InChI=1S/C17H23NO3S/c1-3-4-17(20)18-14-5-6-16(15(9-14)12(2)19)21-10-13-7-8-22-11-13/h5-6,9,13H,3-4,7-8,10-11H2,1-2H3,(H,18,20). The van der Waals surface area contributed by atoms with E-state index in [-0.39, 0.29) is 11.7 Å². The second kappa shape index (κ2) is 8.22. The van der Waals surface area contributed by atoms with Crippen LogP contribution in [-0.4, -0.2) is 29.8 Å². The molecular formula is C17H23NO3S. The summed E-state index contributed by atoms with van der Waals surface area (Å²) in [5, 5.41) is 2.81. The topological polar surface area (TPSA) is 55.4 Å². The van der Waals surface area contributed by atoms with Crippen LogP contribution < -0.4 is 10.1 Å². The molecule has 5 heteroatoms. The lowest BCUT2D eigenvalue weighted by atomic mass is 10.1. The predicted molar refractivity (Wildman–Crippen MR) is 90.9 cm³/mol. The molecule has 1 fully saturated rings. The third kappa shape index (κ3) is 4.77. The Morgan fingerprint density at radius 3 is 2.86 bits per heavy atom. The minimum atomic E-state index is -0.0533. The molecule has 0 aliphatic carbocycles. The molecule has 1 saturated heterocycles. The minimum Gasteiger partial charge on any atom is -0.493 e. The average molecular weight is 321 g/mol. The second-order valence-corrected chi connectivity index (χ2v) is 6.76. The SMILES string of the molecule is CCCC(=O)Nc1ccc(OCC2CCSC2)c(C(C)=O)c1. The van der Waals surface area contributed by atoms with Crippen molar-refractivity contribution in [2.75, 3.05) is 23.4 Å². The zero-order chi connectivity index (χ0) is 15.9. The molecule has 0 aromatic heterocycles. The molecule has 1 unspecified atom stereocenters. The lowest BCUT2D eigenvalue weighted by molar-refractivity contribution is -0.116. The van der Waals surface area contributed by atoms with E-state index in [1.165, 1.54) is 19.1 Å². The highest BCUT2D eigenvalue weighted by atomic mass is 32.2. The van der Waals surface area contributed by atoms with Crippen LogP contribution in [0.3, 0.4) is 0 Å². The van der Waals surface area contributed by atoms with Crippen molar-refractivity contribution < 1.29 is 14.3 Å². The van der Waals surface area contributed by atoms with Gasteiger partial charge >= 0.3 is 0 Å². The Labute approximate surface area is 136 Å². The Balaban J connectivity index is 2.05. The summed E-state index contributed by atoms with van der Waals surface area (Å²) in [4.78, 5) is 23.5. The van der Waals surface area contributed by atoms with E-state index >= 15 is 0 Å². The number of hydrogen-bond donors (Lipinski definition) is 1. The van der Waals surface area contributed by atoms with E-state index in [9.17, 15) is 9.59 Å². The fraction of sp³-hybridized carbons (Fsp3) is 0.529. The molecule has 1 aliphatic heterocycles. The molecule has 1 heterocycles. The van der Waals surface area contributed by atoms with Crippen LogP contribution in [-0.2, 0) is 4.79 Å². The molecule has 2 rings (SSSR count). The number of rotatable bonds is 7. The maximum Gasteiger partial charge on any atom is 0.224 e. The van der Waals surface area contributed by atoms with Gasteiger partial charge in [0.2, 0.25) is 5.91 Å². The van der Waals surface area contributed by atoms with Crippen LogP contribution in [0.1, 0.15) is 43.5 Å². The molecule has 0 radical (unpaired) electrons. The van der Waals surface area contributed by atoms with Gasteiger partial charge in [0, 0.05) is 18.0 Å². The van der Waals surface area contributed by atoms with Crippen LogP contribution in [0, 0.1) is 5.92 Å². The molecule has 1 aliphatic rings. The van der Waals surface area contributed by atoms with Crippen LogP contribution in [0.25, 0.3) is 0 Å². The number of carbonyl (C=O) groups is 2. The summed E-state index contributed by atoms with van der Waals surface area (Å²) in [5.41, 5.74) is 1.17. The van der Waals surface area contributed by atoms with E-state index < -0.39 is 0 Å². The van der Waals surface area contributed by atoms with Gasteiger partial charge in [0.25, 0.3) is 0 Å². The number of anilines is 1. The van der Waals surface area contributed by atoms with Crippen LogP contribution >= 0.6 is 11.8 Å². The predicted octanol–water partition coefficient (Wildman–Crippen LogP) is 3.76. The van der Waals surface area contributed by atoms with Crippen molar-refractivity contribution >= 4 is 29.1 Å². The van der Waals surface area contributed by atoms with Gasteiger partial charge < -0.3 is 10.1 Å². The van der Waals surface area contributed by atoms with Crippen molar-refractivity contribution in [3.05, 3.63) is 23.8 Å². The summed E-state index contributed by atoms with van der Waals surface area (Å²) in [6.07, 6.45) is 2.45. The third-order valence-electron chi connectivity index (χ3n) is 3.62. The molecule has 22 heavy (non-hydrogen) atoms. The van der Waals surface area contributed by atoms with Gasteiger partial charge in [-0.15, -0.1) is 0 Å². The summed E-state index contributed by atoms with van der Waals surface area (Å²) in [5.74, 6) is 3.40. The maximum absolute atomic E-state index is 11.8. The Hall–Kier alpha value is -1.49. The smallest absolute Gasteiger partial charge is 0.224 e. The van der Waals surface area contributed by atoms with Crippen molar-refractivity contribution in [1.29, 1.82) is 0 Å². The average Bonchev–Trinajstić information content (AvgIpc) is 2.99. The van der Waals surface area contributed by atoms with Gasteiger partial charge in [-0.3, -0.25) is 9.59 Å². The lowest BCUT2D eigenvalue weighted by Crippen LogP contribution is -2.14. The van der Waals surface area contributed by atoms with Gasteiger partial charge in [0.05, 0.1) is 12.2 Å². The zero-order valence-electron chi connectivity index (χ0n) is 13.2. The number of Topliss-reactive ketones (excluding diaryl/α,β-unsaturated/α-hetero) is 1. The molecule has 4 nitrogen and oxygen atoms in total. The molecule has 1 atom stereocenters. The van der Waals surface area contributed by atoms with Crippen LogP contribution in [0.5, 0.6) is 5.75 Å². The summed E-state index contributed by atoms with van der Waals surface area (Å²) < 4.78 is 5.84. The summed E-state index contributed by atoms with van der Waals surface area (Å²) >= 11 is 1.95. The summed E-state index contributed by atoms with van der Waals surface area (Å²) in [6.45, 7) is 4.12. The fourth-order valence-electron chi connectivity index (χ4n) is 2.38. The lowest BCUT2D eigenvalue weighted by Gasteiger charge is -2.14. The molecule has 1 amide bonds. The zero-order valence-corrected chi connectivity index (χ0v) is 14.0. The van der Waals surface area contributed by atoms with E-state index in [2.05, 4.69) is 5.32 Å². The molecule has 1 N–H and O–H groups in total. The van der Waals surface area contributed by atoms with Crippen molar-refractivity contribution in [3.63, 3.8) is 0 Å². The van der Waals surface area contributed by atoms with E-state index in [0.717, 1.165) is 12.2 Å². The van der Waals surface area contributed by atoms with Gasteiger partial charge in [-0.25, -0.2) is 0 Å². The molecule has 1 aromatic carbocycles. The Morgan fingerprint density at radius 2 is 2.23 bits per heavy atom. The Morgan fingerprint density at radius 1 is 1.41 bits per heavy atom. The summed E-state index contributed by atoms with van der Waals surface area (Å²) in [7, 11) is 0. The second-order valence-electron chi connectivity index (χ2n) is 5.61. The molecule has 120 valence electrons. The number of benzene rings is 1. The number of amides is 1. The molecular weight excluding hydrogens is 298 g/mol. The number of carbonyl (C=O) groups excluding carboxylic acids is 2. The monoisotopic (exact) mass is 321 g/mol. The largest absolute Gasteiger partial charge is 0.493 e. The number of ketones is 1. The molecule has 0 spiro atoms. The minimum absolute atomic E-state index is 0.0337. The number of nitrogens with one attached hydrogen (secondary N) is 1. The Bertz CT molecular complexity index is 539. The molecule has 1 aromatic rings. The highest BCUT2D eigenvalue weighted by Gasteiger charge is 2.18. The van der Waals surface area contributed by atoms with E-state index in [0.29, 0.717) is 35.9 Å². The molecule has 0 bridgehead atoms. The van der Waals surface area contributed by atoms with Gasteiger partial charge in [-0.1, -0.05) is 6.92 Å². The van der Waals surface area contributed by atoms with Crippen LogP contribution in [0.4, 0.5) is 5.69 Å². The van der Waals surface area contributed by atoms with Gasteiger partial charge in [0.1, 0.15) is 5.75 Å². The van der Waals surface area contributed by atoms with Crippen LogP contribution in [0.15, 0.2) is 18.2 Å². The van der Waals surface area contributed by atoms with Crippen molar-refractivity contribution in [1.82, 2.24) is 0 Å². The molecule has 0 saturated carbocycles. The van der Waals surface area contributed by atoms with Gasteiger partial charge in [-0.2, -0.15) is 11.8 Å². The first-order valence-corrected chi connectivity index (χ1v) is 8.91. The first-order chi connectivity index (χ1) is 10.6. The van der Waals surface area contributed by atoms with Gasteiger partial charge in [-0.05, 0) is 49.5 Å². The van der Waals surface area contributed by atoms with Crippen molar-refractivity contribution in [2.24, 2.45) is 5.92 Å². The van der Waals surface area contributed by atoms with E-state index in [1.54, 1.807) is 18.2 Å². The van der Waals surface area contributed by atoms with E-state index in [4.69, 9.17) is 4.74 Å². The highest BCUT2D eigenvalue weighted by Crippen LogP contribution is 2.27. The first kappa shape index (κ1) is 16.9. The number of thioether (sulfide) groups is 1. The summed E-state index contributed by atoms with van der Waals surface area (Å²) in [6, 6.07) is 5.27. The fourth-order valence-corrected chi connectivity index (χ4v) is 3.64. The third-order valence-corrected chi connectivity index (χ3v) is 4.85. The van der Waals surface area contributed by atoms with Crippen molar-refractivity contribution in [3.8, 4) is 5.75 Å². The quantitative estimate of drug-likeness (QED) is 0.777.